The van der Waals surface area contributed by atoms with E-state index in [1.807, 2.05) is 26.1 Å². The Bertz CT molecular complexity index is 877. The fraction of sp³-hybridized carbons (Fsp3) is 0.350. The number of guanidine groups is 1. The van der Waals surface area contributed by atoms with Crippen molar-refractivity contribution in [3.63, 3.8) is 0 Å². The predicted octanol–water partition coefficient (Wildman–Crippen LogP) is 2.96. The molecule has 0 fully saturated rings. The van der Waals surface area contributed by atoms with Crippen LogP contribution in [0, 0.1) is 6.92 Å². The number of aryl methyl sites for hydroxylation is 1. The summed E-state index contributed by atoms with van der Waals surface area (Å²) in [5.41, 5.74) is 3.81. The summed E-state index contributed by atoms with van der Waals surface area (Å²) in [6.07, 6.45) is 1.15. The molecule has 2 aromatic carbocycles. The average molecular weight is 389 g/mol. The third-order valence-corrected chi connectivity index (χ3v) is 4.54. The molecule has 2 N–H and O–H groups in total. The Balaban J connectivity index is 2.16. The average Bonchev–Trinajstić information content (AvgIpc) is 2.60. The quantitative estimate of drug-likeness (QED) is 0.565. The standard InChI is InChI=1S/C20H28N4O2S/c1-5-21-20(24(3)15-17-12-10-16(2)11-13-17)22-14-18-8-6-7-9-19(18)23-27(4,25)26/h6-13,23H,5,14-15H2,1-4H3,(H,21,22). The summed E-state index contributed by atoms with van der Waals surface area (Å²) in [5.74, 6) is 0.771. The maximum absolute atomic E-state index is 11.6. The van der Waals surface area contributed by atoms with Gasteiger partial charge in [-0.05, 0) is 31.0 Å². The van der Waals surface area contributed by atoms with Crippen molar-refractivity contribution in [2.24, 2.45) is 4.99 Å². The Morgan fingerprint density at radius 3 is 2.41 bits per heavy atom. The van der Waals surface area contributed by atoms with E-state index in [2.05, 4.69) is 51.1 Å². The Morgan fingerprint density at radius 2 is 1.78 bits per heavy atom. The first-order valence-corrected chi connectivity index (χ1v) is 10.8. The lowest BCUT2D eigenvalue weighted by Gasteiger charge is -2.22. The molecule has 0 atom stereocenters. The first-order valence-electron chi connectivity index (χ1n) is 8.89. The Hall–Kier alpha value is -2.54. The highest BCUT2D eigenvalue weighted by molar-refractivity contribution is 7.92. The molecule has 2 aromatic rings. The van der Waals surface area contributed by atoms with Gasteiger partial charge in [0.1, 0.15) is 0 Å². The molecule has 0 radical (unpaired) electrons. The highest BCUT2D eigenvalue weighted by atomic mass is 32.2. The van der Waals surface area contributed by atoms with Crippen molar-refractivity contribution in [3.8, 4) is 0 Å². The van der Waals surface area contributed by atoms with E-state index in [0.29, 0.717) is 12.2 Å². The van der Waals surface area contributed by atoms with Crippen LogP contribution in [0.3, 0.4) is 0 Å². The molecule has 0 spiro atoms. The van der Waals surface area contributed by atoms with Gasteiger partial charge in [0.15, 0.2) is 5.96 Å². The van der Waals surface area contributed by atoms with Crippen molar-refractivity contribution >= 4 is 21.7 Å². The fourth-order valence-electron chi connectivity index (χ4n) is 2.63. The monoisotopic (exact) mass is 388 g/mol. The molecular weight excluding hydrogens is 360 g/mol. The van der Waals surface area contributed by atoms with Gasteiger partial charge in [0.2, 0.25) is 10.0 Å². The van der Waals surface area contributed by atoms with Crippen molar-refractivity contribution in [2.45, 2.75) is 26.9 Å². The number of rotatable bonds is 7. The number of nitrogens with zero attached hydrogens (tertiary/aromatic N) is 2. The van der Waals surface area contributed by atoms with E-state index in [-0.39, 0.29) is 0 Å². The van der Waals surface area contributed by atoms with Crippen molar-refractivity contribution in [1.82, 2.24) is 10.2 Å². The van der Waals surface area contributed by atoms with Gasteiger partial charge >= 0.3 is 0 Å². The zero-order valence-electron chi connectivity index (χ0n) is 16.4. The molecule has 146 valence electrons. The van der Waals surface area contributed by atoms with E-state index < -0.39 is 10.0 Å². The van der Waals surface area contributed by atoms with E-state index in [1.165, 1.54) is 11.1 Å². The minimum absolute atomic E-state index is 0.374. The number of para-hydroxylation sites is 1. The minimum atomic E-state index is -3.33. The van der Waals surface area contributed by atoms with Gasteiger partial charge in [-0.25, -0.2) is 13.4 Å². The van der Waals surface area contributed by atoms with Crippen LogP contribution in [0.15, 0.2) is 53.5 Å². The van der Waals surface area contributed by atoms with Crippen LogP contribution in [0.25, 0.3) is 0 Å². The number of hydrogen-bond acceptors (Lipinski definition) is 3. The molecule has 0 aliphatic carbocycles. The lowest BCUT2D eigenvalue weighted by atomic mass is 10.1. The fourth-order valence-corrected chi connectivity index (χ4v) is 3.23. The van der Waals surface area contributed by atoms with Gasteiger partial charge in [-0.3, -0.25) is 4.72 Å². The second-order valence-electron chi connectivity index (χ2n) is 6.54. The van der Waals surface area contributed by atoms with Gasteiger partial charge in [-0.15, -0.1) is 0 Å². The first kappa shape index (κ1) is 20.8. The minimum Gasteiger partial charge on any atom is -0.357 e. The zero-order valence-corrected chi connectivity index (χ0v) is 17.2. The van der Waals surface area contributed by atoms with Gasteiger partial charge in [0.25, 0.3) is 0 Å². The molecular formula is C20H28N4O2S. The van der Waals surface area contributed by atoms with E-state index in [1.54, 1.807) is 12.1 Å². The van der Waals surface area contributed by atoms with Crippen LogP contribution in [0.2, 0.25) is 0 Å². The zero-order chi connectivity index (χ0) is 19.9. The highest BCUT2D eigenvalue weighted by Gasteiger charge is 2.09. The number of sulfonamides is 1. The predicted molar refractivity (Wildman–Crippen MR) is 112 cm³/mol. The summed E-state index contributed by atoms with van der Waals surface area (Å²) in [7, 11) is -1.35. The molecule has 7 heteroatoms. The van der Waals surface area contributed by atoms with Crippen molar-refractivity contribution < 1.29 is 8.42 Å². The molecule has 6 nitrogen and oxygen atoms in total. The number of benzene rings is 2. The molecule has 0 saturated heterocycles. The van der Waals surface area contributed by atoms with Crippen molar-refractivity contribution in [1.29, 1.82) is 0 Å². The van der Waals surface area contributed by atoms with E-state index in [4.69, 9.17) is 0 Å². The van der Waals surface area contributed by atoms with Gasteiger partial charge in [-0.2, -0.15) is 0 Å². The third kappa shape index (κ3) is 6.94. The van der Waals surface area contributed by atoms with Crippen LogP contribution in [0.5, 0.6) is 0 Å². The lowest BCUT2D eigenvalue weighted by molar-refractivity contribution is 0.477. The topological polar surface area (TPSA) is 73.8 Å². The summed E-state index contributed by atoms with van der Waals surface area (Å²) in [6, 6.07) is 15.7. The molecule has 0 heterocycles. The number of nitrogens with one attached hydrogen (secondary N) is 2. The lowest BCUT2D eigenvalue weighted by Crippen LogP contribution is -2.38. The molecule has 2 rings (SSSR count). The van der Waals surface area contributed by atoms with Crippen molar-refractivity contribution in [2.75, 3.05) is 24.6 Å². The van der Waals surface area contributed by atoms with E-state index in [9.17, 15) is 8.42 Å². The molecule has 0 unspecified atom stereocenters. The summed E-state index contributed by atoms with van der Waals surface area (Å²) < 4.78 is 25.7. The van der Waals surface area contributed by atoms with E-state index >= 15 is 0 Å². The SMILES string of the molecule is CCNC(=NCc1ccccc1NS(C)(=O)=O)N(C)Cc1ccc(C)cc1. The Morgan fingerprint density at radius 1 is 1.11 bits per heavy atom. The summed E-state index contributed by atoms with van der Waals surface area (Å²) in [4.78, 5) is 6.74. The van der Waals surface area contributed by atoms with Gasteiger partial charge in [0.05, 0.1) is 18.5 Å². The van der Waals surface area contributed by atoms with Crippen LogP contribution >= 0.6 is 0 Å². The van der Waals surface area contributed by atoms with Gasteiger partial charge in [0, 0.05) is 20.1 Å². The van der Waals surface area contributed by atoms with Crippen LogP contribution in [0.1, 0.15) is 23.6 Å². The number of hydrogen-bond donors (Lipinski definition) is 2. The van der Waals surface area contributed by atoms with Gasteiger partial charge < -0.3 is 10.2 Å². The first-order chi connectivity index (χ1) is 12.8. The highest BCUT2D eigenvalue weighted by Crippen LogP contribution is 2.17. The number of aliphatic imine (C=N–C) groups is 1. The molecule has 0 aromatic heterocycles. The second kappa shape index (κ2) is 9.41. The summed E-state index contributed by atoms with van der Waals surface area (Å²) >= 11 is 0. The number of anilines is 1. The molecule has 0 aliphatic rings. The molecule has 0 amide bonds. The molecule has 0 aliphatic heterocycles. The maximum atomic E-state index is 11.6. The van der Waals surface area contributed by atoms with Crippen LogP contribution in [-0.4, -0.2) is 39.1 Å². The second-order valence-corrected chi connectivity index (χ2v) is 8.29. The Kier molecular flexibility index (Phi) is 7.24. The molecule has 0 saturated carbocycles. The van der Waals surface area contributed by atoms with Gasteiger partial charge in [-0.1, -0.05) is 48.0 Å². The summed E-state index contributed by atoms with van der Waals surface area (Å²) in [6.45, 7) is 5.95. The van der Waals surface area contributed by atoms with Crippen LogP contribution in [0.4, 0.5) is 5.69 Å². The largest absolute Gasteiger partial charge is 0.357 e. The van der Waals surface area contributed by atoms with E-state index in [0.717, 1.165) is 30.9 Å². The van der Waals surface area contributed by atoms with Crippen LogP contribution in [-0.2, 0) is 23.1 Å². The maximum Gasteiger partial charge on any atom is 0.229 e. The third-order valence-electron chi connectivity index (χ3n) is 3.95. The van der Waals surface area contributed by atoms with Crippen LogP contribution < -0.4 is 10.0 Å². The Labute approximate surface area is 162 Å². The normalized spacial score (nSPS) is 11.9. The summed E-state index contributed by atoms with van der Waals surface area (Å²) in [5, 5.41) is 3.29. The molecule has 27 heavy (non-hydrogen) atoms. The smallest absolute Gasteiger partial charge is 0.229 e. The molecule has 0 bridgehead atoms. The van der Waals surface area contributed by atoms with Crippen molar-refractivity contribution in [3.05, 3.63) is 65.2 Å².